The lowest BCUT2D eigenvalue weighted by atomic mass is 10.1. The van der Waals surface area contributed by atoms with Gasteiger partial charge in [0.05, 0.1) is 12.2 Å². The molecule has 0 aromatic carbocycles. The van der Waals surface area contributed by atoms with Gasteiger partial charge in [-0.2, -0.15) is 0 Å². The summed E-state index contributed by atoms with van der Waals surface area (Å²) in [5.74, 6) is 0.139. The van der Waals surface area contributed by atoms with Gasteiger partial charge in [0.25, 0.3) is 0 Å². The van der Waals surface area contributed by atoms with E-state index < -0.39 is 0 Å². The van der Waals surface area contributed by atoms with Gasteiger partial charge in [-0.1, -0.05) is 17.3 Å². The van der Waals surface area contributed by atoms with Gasteiger partial charge in [0.15, 0.2) is 0 Å². The molecule has 2 aliphatic rings. The molecule has 3 rings (SSSR count). The van der Waals surface area contributed by atoms with Gasteiger partial charge in [-0.05, 0) is 0 Å². The number of rotatable bonds is 1. The van der Waals surface area contributed by atoms with Crippen molar-refractivity contribution in [2.45, 2.75) is 19.0 Å². The van der Waals surface area contributed by atoms with E-state index in [1.54, 1.807) is 6.26 Å². The molecule has 0 saturated carbocycles. The van der Waals surface area contributed by atoms with Crippen LogP contribution in [0.1, 0.15) is 11.3 Å². The first-order chi connectivity index (χ1) is 7.84. The molecule has 1 atom stereocenters. The summed E-state index contributed by atoms with van der Waals surface area (Å²) in [5.41, 5.74) is 2.01. The van der Waals surface area contributed by atoms with Crippen LogP contribution in [0.5, 0.6) is 0 Å². The van der Waals surface area contributed by atoms with E-state index in [-0.39, 0.29) is 11.9 Å². The standard InChI is InChI=1S/C11H13N3O2/c15-11(10-2-1-4-12-10)14-5-3-9-8(6-14)7-16-13-9/h1-2,7,10,12H,3-6H2/t10-/m1/s1. The average Bonchev–Trinajstić information content (AvgIpc) is 2.98. The van der Waals surface area contributed by atoms with Crippen molar-refractivity contribution in [3.05, 3.63) is 29.7 Å². The predicted octanol–water partition coefficient (Wildman–Crippen LogP) is 0.0873. The average molecular weight is 219 g/mol. The van der Waals surface area contributed by atoms with Crippen LogP contribution in [0.25, 0.3) is 0 Å². The van der Waals surface area contributed by atoms with Gasteiger partial charge < -0.3 is 9.42 Å². The summed E-state index contributed by atoms with van der Waals surface area (Å²) >= 11 is 0. The summed E-state index contributed by atoms with van der Waals surface area (Å²) in [7, 11) is 0. The Bertz CT molecular complexity index is 438. The molecule has 0 saturated heterocycles. The van der Waals surface area contributed by atoms with Crippen molar-refractivity contribution in [3.8, 4) is 0 Å². The first kappa shape index (κ1) is 9.59. The zero-order chi connectivity index (χ0) is 11.0. The van der Waals surface area contributed by atoms with Crippen molar-refractivity contribution in [1.29, 1.82) is 0 Å². The second kappa shape index (κ2) is 3.75. The molecule has 1 N–H and O–H groups in total. The number of hydrogen-bond acceptors (Lipinski definition) is 4. The molecule has 1 aromatic heterocycles. The van der Waals surface area contributed by atoms with Gasteiger partial charge in [-0.15, -0.1) is 0 Å². The minimum Gasteiger partial charge on any atom is -0.364 e. The third-order valence-corrected chi connectivity index (χ3v) is 3.07. The summed E-state index contributed by atoms with van der Waals surface area (Å²) in [4.78, 5) is 13.9. The molecule has 0 aliphatic carbocycles. The van der Waals surface area contributed by atoms with E-state index in [2.05, 4.69) is 10.5 Å². The zero-order valence-electron chi connectivity index (χ0n) is 8.85. The SMILES string of the molecule is O=C([C@H]1C=CCN1)N1CCc2nocc2C1. The van der Waals surface area contributed by atoms with Crippen molar-refractivity contribution >= 4 is 5.91 Å². The summed E-state index contributed by atoms with van der Waals surface area (Å²) in [5, 5.41) is 7.04. The van der Waals surface area contributed by atoms with Crippen LogP contribution in [0.3, 0.4) is 0 Å². The molecule has 2 aliphatic heterocycles. The normalized spacial score (nSPS) is 23.5. The topological polar surface area (TPSA) is 58.4 Å². The van der Waals surface area contributed by atoms with Crippen LogP contribution in [0.4, 0.5) is 0 Å². The quantitative estimate of drug-likeness (QED) is 0.680. The molecule has 0 bridgehead atoms. The Morgan fingerprint density at radius 1 is 1.62 bits per heavy atom. The molecular weight excluding hydrogens is 206 g/mol. The molecule has 0 spiro atoms. The van der Waals surface area contributed by atoms with E-state index in [1.807, 2.05) is 17.1 Å². The van der Waals surface area contributed by atoms with Crippen LogP contribution in [-0.2, 0) is 17.8 Å². The van der Waals surface area contributed by atoms with Crippen LogP contribution in [0.15, 0.2) is 22.9 Å². The lowest BCUT2D eigenvalue weighted by Gasteiger charge is -2.27. The van der Waals surface area contributed by atoms with Crippen molar-refractivity contribution in [1.82, 2.24) is 15.4 Å². The first-order valence-electron chi connectivity index (χ1n) is 5.45. The molecule has 1 amide bonds. The van der Waals surface area contributed by atoms with Gasteiger partial charge in [0.1, 0.15) is 12.3 Å². The number of carbonyl (C=O) groups is 1. The Morgan fingerprint density at radius 2 is 2.56 bits per heavy atom. The fourth-order valence-electron chi connectivity index (χ4n) is 2.16. The summed E-state index contributed by atoms with van der Waals surface area (Å²) in [6, 6.07) is -0.151. The van der Waals surface area contributed by atoms with Gasteiger partial charge >= 0.3 is 0 Å². The summed E-state index contributed by atoms with van der Waals surface area (Å²) in [6.45, 7) is 2.12. The maximum Gasteiger partial charge on any atom is 0.244 e. The highest BCUT2D eigenvalue weighted by atomic mass is 16.5. The Labute approximate surface area is 93.1 Å². The number of hydrogen-bond donors (Lipinski definition) is 1. The summed E-state index contributed by atoms with van der Waals surface area (Å²) < 4.78 is 4.90. The highest BCUT2D eigenvalue weighted by Crippen LogP contribution is 2.18. The highest BCUT2D eigenvalue weighted by Gasteiger charge is 2.28. The second-order valence-corrected chi connectivity index (χ2v) is 4.11. The first-order valence-corrected chi connectivity index (χ1v) is 5.45. The van der Waals surface area contributed by atoms with Crippen LogP contribution >= 0.6 is 0 Å². The number of aromatic nitrogens is 1. The van der Waals surface area contributed by atoms with Gasteiger partial charge in [-0.25, -0.2) is 0 Å². The van der Waals surface area contributed by atoms with E-state index in [0.717, 1.165) is 30.8 Å². The fourth-order valence-corrected chi connectivity index (χ4v) is 2.16. The second-order valence-electron chi connectivity index (χ2n) is 4.11. The number of nitrogens with zero attached hydrogens (tertiary/aromatic N) is 2. The van der Waals surface area contributed by atoms with Gasteiger partial charge in [-0.3, -0.25) is 10.1 Å². The van der Waals surface area contributed by atoms with Crippen LogP contribution in [-0.4, -0.2) is 35.1 Å². The predicted molar refractivity (Wildman–Crippen MR) is 56.6 cm³/mol. The molecule has 84 valence electrons. The molecule has 5 nitrogen and oxygen atoms in total. The summed E-state index contributed by atoms with van der Waals surface area (Å²) in [6.07, 6.45) is 6.32. The minimum atomic E-state index is -0.151. The lowest BCUT2D eigenvalue weighted by molar-refractivity contribution is -0.133. The molecule has 16 heavy (non-hydrogen) atoms. The monoisotopic (exact) mass is 219 g/mol. The van der Waals surface area contributed by atoms with E-state index in [4.69, 9.17) is 4.52 Å². The maximum absolute atomic E-state index is 12.1. The van der Waals surface area contributed by atoms with E-state index >= 15 is 0 Å². The van der Waals surface area contributed by atoms with Crippen LogP contribution in [0.2, 0.25) is 0 Å². The van der Waals surface area contributed by atoms with E-state index in [0.29, 0.717) is 6.54 Å². The van der Waals surface area contributed by atoms with Gasteiger partial charge in [0.2, 0.25) is 5.91 Å². The van der Waals surface area contributed by atoms with Crippen molar-refractivity contribution < 1.29 is 9.32 Å². The number of carbonyl (C=O) groups excluding carboxylic acids is 1. The molecular formula is C11H13N3O2. The van der Waals surface area contributed by atoms with Crippen molar-refractivity contribution in [3.63, 3.8) is 0 Å². The third kappa shape index (κ3) is 1.53. The molecule has 1 aromatic rings. The molecule has 0 fully saturated rings. The third-order valence-electron chi connectivity index (χ3n) is 3.07. The smallest absolute Gasteiger partial charge is 0.244 e. The minimum absolute atomic E-state index is 0.139. The number of amides is 1. The zero-order valence-corrected chi connectivity index (χ0v) is 8.85. The molecule has 0 radical (unpaired) electrons. The lowest BCUT2D eigenvalue weighted by Crippen LogP contribution is -2.45. The Balaban J connectivity index is 1.73. The number of fused-ring (bicyclic) bond motifs is 1. The van der Waals surface area contributed by atoms with Crippen molar-refractivity contribution in [2.24, 2.45) is 0 Å². The van der Waals surface area contributed by atoms with Gasteiger partial charge in [0, 0.05) is 25.1 Å². The highest BCUT2D eigenvalue weighted by molar-refractivity contribution is 5.84. The molecule has 5 heteroatoms. The number of nitrogens with one attached hydrogen (secondary N) is 1. The molecule has 3 heterocycles. The van der Waals surface area contributed by atoms with E-state index in [9.17, 15) is 4.79 Å². The van der Waals surface area contributed by atoms with E-state index in [1.165, 1.54) is 0 Å². The van der Waals surface area contributed by atoms with Crippen LogP contribution < -0.4 is 5.32 Å². The Hall–Kier alpha value is -1.62. The van der Waals surface area contributed by atoms with Crippen LogP contribution in [0, 0.1) is 0 Å². The maximum atomic E-state index is 12.1. The fraction of sp³-hybridized carbons (Fsp3) is 0.455. The largest absolute Gasteiger partial charge is 0.364 e. The Kier molecular flexibility index (Phi) is 2.25. The van der Waals surface area contributed by atoms with Crippen molar-refractivity contribution in [2.75, 3.05) is 13.1 Å². The Morgan fingerprint density at radius 3 is 3.38 bits per heavy atom. The molecule has 0 unspecified atom stereocenters.